The van der Waals surface area contributed by atoms with Crippen LogP contribution in [0.2, 0.25) is 5.02 Å². The molecule has 3 nitrogen and oxygen atoms in total. The molecule has 1 unspecified atom stereocenters. The number of carbonyl (C=O) groups is 1. The van der Waals surface area contributed by atoms with Crippen molar-refractivity contribution in [3.05, 3.63) is 28.8 Å². The van der Waals surface area contributed by atoms with Crippen LogP contribution >= 0.6 is 23.4 Å². The van der Waals surface area contributed by atoms with Crippen LogP contribution in [0.4, 0.5) is 5.69 Å². The number of carbonyl (C=O) groups excluding carboxylic acids is 1. The summed E-state index contributed by atoms with van der Waals surface area (Å²) in [6.07, 6.45) is 2.95. The van der Waals surface area contributed by atoms with E-state index in [4.69, 9.17) is 11.6 Å². The molecule has 0 bridgehead atoms. The minimum Gasteiger partial charge on any atom is -0.387 e. The van der Waals surface area contributed by atoms with Gasteiger partial charge in [-0.15, -0.1) is 0 Å². The molecule has 18 heavy (non-hydrogen) atoms. The van der Waals surface area contributed by atoms with E-state index in [1.165, 1.54) is 0 Å². The lowest BCUT2D eigenvalue weighted by Gasteiger charge is -2.17. The summed E-state index contributed by atoms with van der Waals surface area (Å²) in [5.74, 6) is 0.834. The molecule has 0 radical (unpaired) electrons. The van der Waals surface area contributed by atoms with Crippen LogP contribution in [0.3, 0.4) is 0 Å². The Hall–Kier alpha value is -0.870. The number of thioether (sulfide) groups is 1. The van der Waals surface area contributed by atoms with Crippen LogP contribution in [0.1, 0.15) is 23.7 Å². The Balaban J connectivity index is 2.85. The van der Waals surface area contributed by atoms with Gasteiger partial charge in [0.2, 0.25) is 0 Å². The number of hydrogen-bond acceptors (Lipinski definition) is 3. The van der Waals surface area contributed by atoms with E-state index in [2.05, 4.69) is 17.6 Å². The highest BCUT2D eigenvalue weighted by molar-refractivity contribution is 7.98. The molecule has 0 spiro atoms. The van der Waals surface area contributed by atoms with Gasteiger partial charge in [0.05, 0.1) is 5.56 Å². The number of anilines is 1. The van der Waals surface area contributed by atoms with Gasteiger partial charge in [0, 0.05) is 29.6 Å². The van der Waals surface area contributed by atoms with E-state index >= 15 is 0 Å². The summed E-state index contributed by atoms with van der Waals surface area (Å²) in [5.41, 5.74) is 1.38. The molecule has 5 heteroatoms. The van der Waals surface area contributed by atoms with Crippen molar-refractivity contribution >= 4 is 35.0 Å². The molecular formula is C13H19ClN2OS. The van der Waals surface area contributed by atoms with Crippen molar-refractivity contribution in [2.24, 2.45) is 0 Å². The summed E-state index contributed by atoms with van der Waals surface area (Å²) in [7, 11) is 1.79. The van der Waals surface area contributed by atoms with Crippen molar-refractivity contribution in [3.63, 3.8) is 0 Å². The molecule has 100 valence electrons. The minimum atomic E-state index is -0.0808. The predicted octanol–water partition coefficient (Wildman–Crippen LogP) is 3.25. The van der Waals surface area contributed by atoms with E-state index in [-0.39, 0.29) is 11.9 Å². The molecular weight excluding hydrogens is 268 g/mol. The molecule has 1 rings (SSSR count). The van der Waals surface area contributed by atoms with E-state index in [1.54, 1.807) is 30.9 Å². The third kappa shape index (κ3) is 4.10. The smallest absolute Gasteiger partial charge is 0.253 e. The highest BCUT2D eigenvalue weighted by Crippen LogP contribution is 2.20. The van der Waals surface area contributed by atoms with Crippen molar-refractivity contribution in [3.8, 4) is 0 Å². The van der Waals surface area contributed by atoms with Crippen molar-refractivity contribution in [2.45, 2.75) is 19.4 Å². The fourth-order valence-corrected chi connectivity index (χ4v) is 2.54. The number of benzene rings is 1. The Morgan fingerprint density at radius 3 is 2.78 bits per heavy atom. The van der Waals surface area contributed by atoms with Crippen LogP contribution in [0, 0.1) is 0 Å². The van der Waals surface area contributed by atoms with Crippen LogP contribution in [-0.2, 0) is 0 Å². The first-order valence-corrected chi connectivity index (χ1v) is 7.66. The molecule has 0 aromatic heterocycles. The Labute approximate surface area is 118 Å². The Morgan fingerprint density at radius 2 is 2.22 bits per heavy atom. The van der Waals surface area contributed by atoms with Gasteiger partial charge in [0.1, 0.15) is 0 Å². The van der Waals surface area contributed by atoms with Gasteiger partial charge >= 0.3 is 0 Å². The number of hydrogen-bond donors (Lipinski definition) is 2. The fourth-order valence-electron chi connectivity index (χ4n) is 1.65. The maximum atomic E-state index is 12.2. The van der Waals surface area contributed by atoms with Crippen molar-refractivity contribution < 1.29 is 4.79 Å². The average Bonchev–Trinajstić information content (AvgIpc) is 2.38. The lowest BCUT2D eigenvalue weighted by atomic mass is 10.1. The Kier molecular flexibility index (Phi) is 6.36. The van der Waals surface area contributed by atoms with Gasteiger partial charge in [0.15, 0.2) is 0 Å². The van der Waals surface area contributed by atoms with Crippen LogP contribution in [0.5, 0.6) is 0 Å². The van der Waals surface area contributed by atoms with E-state index in [9.17, 15) is 4.79 Å². The van der Waals surface area contributed by atoms with Gasteiger partial charge in [0.25, 0.3) is 5.91 Å². The third-order valence-electron chi connectivity index (χ3n) is 2.69. The van der Waals surface area contributed by atoms with E-state index in [0.717, 1.165) is 17.9 Å². The molecule has 1 atom stereocenters. The molecule has 0 aliphatic rings. The van der Waals surface area contributed by atoms with E-state index in [0.29, 0.717) is 10.6 Å². The summed E-state index contributed by atoms with van der Waals surface area (Å²) in [6.45, 7) is 2.07. The summed E-state index contributed by atoms with van der Waals surface area (Å²) < 4.78 is 0. The van der Waals surface area contributed by atoms with Crippen LogP contribution in [0.25, 0.3) is 0 Å². The zero-order valence-corrected chi connectivity index (χ0v) is 12.5. The molecule has 0 saturated heterocycles. The Bertz CT molecular complexity index is 412. The standard InChI is InChI=1S/C13H19ClN2OS/c1-4-10(8-18-3)16-13(17)11-7-9(14)5-6-12(11)15-2/h5-7,10,15H,4,8H2,1-3H3,(H,16,17). The molecule has 0 fully saturated rings. The molecule has 0 saturated carbocycles. The topological polar surface area (TPSA) is 41.1 Å². The second kappa shape index (κ2) is 7.54. The molecule has 0 heterocycles. The largest absolute Gasteiger partial charge is 0.387 e. The fraction of sp³-hybridized carbons (Fsp3) is 0.462. The first-order chi connectivity index (χ1) is 8.62. The summed E-state index contributed by atoms with van der Waals surface area (Å²) in [6, 6.07) is 5.46. The van der Waals surface area contributed by atoms with Crippen molar-refractivity contribution in [2.75, 3.05) is 24.4 Å². The third-order valence-corrected chi connectivity index (χ3v) is 3.66. The van der Waals surface area contributed by atoms with Gasteiger partial charge in [-0.05, 0) is 30.9 Å². The average molecular weight is 287 g/mol. The van der Waals surface area contributed by atoms with Gasteiger partial charge in [-0.3, -0.25) is 4.79 Å². The van der Waals surface area contributed by atoms with Gasteiger partial charge < -0.3 is 10.6 Å². The zero-order chi connectivity index (χ0) is 13.5. The van der Waals surface area contributed by atoms with Crippen LogP contribution < -0.4 is 10.6 Å². The SMILES string of the molecule is CCC(CSC)NC(=O)c1cc(Cl)ccc1NC. The molecule has 0 aliphatic carbocycles. The van der Waals surface area contributed by atoms with E-state index in [1.807, 2.05) is 12.3 Å². The maximum Gasteiger partial charge on any atom is 0.253 e. The molecule has 2 N–H and O–H groups in total. The van der Waals surface area contributed by atoms with Gasteiger partial charge in [-0.2, -0.15) is 11.8 Å². The lowest BCUT2D eigenvalue weighted by Crippen LogP contribution is -2.36. The van der Waals surface area contributed by atoms with E-state index < -0.39 is 0 Å². The van der Waals surface area contributed by atoms with Crippen LogP contribution in [-0.4, -0.2) is 31.0 Å². The first-order valence-electron chi connectivity index (χ1n) is 5.89. The van der Waals surface area contributed by atoms with Gasteiger partial charge in [-0.25, -0.2) is 0 Å². The number of rotatable bonds is 6. The number of halogens is 1. The molecule has 0 aliphatic heterocycles. The molecule has 1 aromatic rings. The highest BCUT2D eigenvalue weighted by atomic mass is 35.5. The summed E-state index contributed by atoms with van der Waals surface area (Å²) in [4.78, 5) is 12.2. The van der Waals surface area contributed by atoms with Crippen molar-refractivity contribution in [1.82, 2.24) is 5.32 Å². The second-order valence-corrected chi connectivity index (χ2v) is 5.32. The summed E-state index contributed by atoms with van der Waals surface area (Å²) in [5, 5.41) is 6.60. The lowest BCUT2D eigenvalue weighted by molar-refractivity contribution is 0.0941. The second-order valence-electron chi connectivity index (χ2n) is 3.97. The van der Waals surface area contributed by atoms with Crippen LogP contribution in [0.15, 0.2) is 18.2 Å². The van der Waals surface area contributed by atoms with Gasteiger partial charge in [-0.1, -0.05) is 18.5 Å². The number of nitrogens with one attached hydrogen (secondary N) is 2. The predicted molar refractivity (Wildman–Crippen MR) is 80.9 cm³/mol. The normalized spacial score (nSPS) is 12.0. The monoisotopic (exact) mass is 286 g/mol. The zero-order valence-electron chi connectivity index (χ0n) is 10.9. The summed E-state index contributed by atoms with van der Waals surface area (Å²) >= 11 is 7.67. The molecule has 1 aromatic carbocycles. The molecule has 1 amide bonds. The Morgan fingerprint density at radius 1 is 1.50 bits per heavy atom. The minimum absolute atomic E-state index is 0.0808. The first kappa shape index (κ1) is 15.2. The maximum absolute atomic E-state index is 12.2. The number of amides is 1. The highest BCUT2D eigenvalue weighted by Gasteiger charge is 2.15. The quantitative estimate of drug-likeness (QED) is 0.843. The van der Waals surface area contributed by atoms with Crippen molar-refractivity contribution in [1.29, 1.82) is 0 Å².